The summed E-state index contributed by atoms with van der Waals surface area (Å²) in [5.74, 6) is -0.234. The van der Waals surface area contributed by atoms with Crippen molar-refractivity contribution in [2.45, 2.75) is 38.7 Å². The number of ether oxygens (including phenoxy) is 1. The maximum absolute atomic E-state index is 12.2. The van der Waals surface area contributed by atoms with Crippen molar-refractivity contribution in [2.24, 2.45) is 5.73 Å². The van der Waals surface area contributed by atoms with Crippen molar-refractivity contribution >= 4 is 11.6 Å². The van der Waals surface area contributed by atoms with E-state index in [0.717, 1.165) is 25.7 Å². The van der Waals surface area contributed by atoms with Crippen molar-refractivity contribution < 1.29 is 18.3 Å². The van der Waals surface area contributed by atoms with Gasteiger partial charge in [0.1, 0.15) is 5.75 Å². The molecule has 1 rings (SSSR count). The van der Waals surface area contributed by atoms with Crippen LogP contribution in [0.3, 0.4) is 0 Å². The molecule has 0 fully saturated rings. The van der Waals surface area contributed by atoms with Crippen molar-refractivity contribution in [3.8, 4) is 5.75 Å². The molecule has 0 atom stereocenters. The van der Waals surface area contributed by atoms with E-state index in [1.165, 1.54) is 12.1 Å². The van der Waals surface area contributed by atoms with Crippen molar-refractivity contribution in [3.05, 3.63) is 24.3 Å². The normalized spacial score (nSPS) is 10.6. The van der Waals surface area contributed by atoms with E-state index >= 15 is 0 Å². The quantitative estimate of drug-likeness (QED) is 0.685. The monoisotopic (exact) mass is 286 g/mol. The van der Waals surface area contributed by atoms with Crippen LogP contribution in [0, 0.1) is 0 Å². The summed E-state index contributed by atoms with van der Waals surface area (Å²) in [6.45, 7) is -2.26. The van der Waals surface area contributed by atoms with E-state index in [1.54, 1.807) is 12.1 Å². The topological polar surface area (TPSA) is 64.4 Å². The maximum atomic E-state index is 12.2. The number of carbonyl (C=O) groups is 1. The van der Waals surface area contributed by atoms with E-state index in [4.69, 9.17) is 5.73 Å². The summed E-state index contributed by atoms with van der Waals surface area (Å²) in [5.41, 5.74) is 5.64. The first-order valence-electron chi connectivity index (χ1n) is 6.67. The highest BCUT2D eigenvalue weighted by Crippen LogP contribution is 2.25. The molecule has 1 aromatic rings. The van der Waals surface area contributed by atoms with Gasteiger partial charge in [0.05, 0.1) is 5.69 Å². The van der Waals surface area contributed by atoms with Gasteiger partial charge in [-0.15, -0.1) is 0 Å². The fraction of sp³-hybridized carbons (Fsp3) is 0.500. The van der Waals surface area contributed by atoms with E-state index in [-0.39, 0.29) is 17.3 Å². The lowest BCUT2D eigenvalue weighted by Gasteiger charge is -2.11. The molecule has 0 aliphatic carbocycles. The van der Waals surface area contributed by atoms with Crippen molar-refractivity contribution in [2.75, 3.05) is 11.9 Å². The van der Waals surface area contributed by atoms with Crippen LogP contribution in [0.2, 0.25) is 0 Å². The number of carbonyl (C=O) groups excluding carboxylic acids is 1. The van der Waals surface area contributed by atoms with Gasteiger partial charge in [0, 0.05) is 6.42 Å². The third-order valence-corrected chi connectivity index (χ3v) is 2.74. The molecule has 20 heavy (non-hydrogen) atoms. The van der Waals surface area contributed by atoms with E-state index in [2.05, 4.69) is 10.1 Å². The number of nitrogens with one attached hydrogen (secondary N) is 1. The fourth-order valence-corrected chi connectivity index (χ4v) is 1.76. The second-order valence-corrected chi connectivity index (χ2v) is 4.38. The van der Waals surface area contributed by atoms with Gasteiger partial charge in [-0.25, -0.2) is 0 Å². The van der Waals surface area contributed by atoms with Crippen LogP contribution in [0.25, 0.3) is 0 Å². The van der Waals surface area contributed by atoms with Gasteiger partial charge in [-0.05, 0) is 31.5 Å². The zero-order valence-electron chi connectivity index (χ0n) is 11.3. The van der Waals surface area contributed by atoms with Gasteiger partial charge in [0.2, 0.25) is 5.91 Å². The molecule has 0 bridgehead atoms. The number of anilines is 1. The summed E-state index contributed by atoms with van der Waals surface area (Å²) in [5, 5.41) is 2.58. The largest absolute Gasteiger partial charge is 0.433 e. The molecular formula is C14H20F2N2O2. The van der Waals surface area contributed by atoms with Crippen LogP contribution in [-0.4, -0.2) is 19.1 Å². The number of amides is 1. The van der Waals surface area contributed by atoms with Crippen LogP contribution in [0.5, 0.6) is 5.75 Å². The molecule has 0 saturated carbocycles. The molecule has 0 radical (unpaired) electrons. The molecule has 4 nitrogen and oxygen atoms in total. The second kappa shape index (κ2) is 9.25. The SMILES string of the molecule is NCCCCCCC(=O)Nc1ccccc1OC(F)F. The van der Waals surface area contributed by atoms with Crippen LogP contribution < -0.4 is 15.8 Å². The molecule has 0 heterocycles. The van der Waals surface area contributed by atoms with Crippen molar-refractivity contribution in [1.29, 1.82) is 0 Å². The van der Waals surface area contributed by atoms with Crippen molar-refractivity contribution in [1.82, 2.24) is 0 Å². The molecule has 3 N–H and O–H groups in total. The first-order valence-corrected chi connectivity index (χ1v) is 6.67. The number of nitrogens with two attached hydrogens (primary N) is 1. The molecule has 112 valence electrons. The Balaban J connectivity index is 2.41. The Bertz CT molecular complexity index is 414. The summed E-state index contributed by atoms with van der Waals surface area (Å²) in [6.07, 6.45) is 3.98. The molecule has 0 aliphatic rings. The Morgan fingerprint density at radius 3 is 2.60 bits per heavy atom. The molecule has 0 unspecified atom stereocenters. The van der Waals surface area contributed by atoms with Gasteiger partial charge >= 0.3 is 6.61 Å². The minimum atomic E-state index is -2.91. The molecule has 0 aromatic heterocycles. The zero-order chi connectivity index (χ0) is 14.8. The minimum absolute atomic E-state index is 0.0287. The summed E-state index contributed by atoms with van der Waals surface area (Å²) in [7, 11) is 0. The number of halogens is 2. The van der Waals surface area contributed by atoms with Crippen molar-refractivity contribution in [3.63, 3.8) is 0 Å². The second-order valence-electron chi connectivity index (χ2n) is 4.38. The molecular weight excluding hydrogens is 266 g/mol. The molecule has 6 heteroatoms. The van der Waals surface area contributed by atoms with Gasteiger partial charge in [-0.1, -0.05) is 25.0 Å². The standard InChI is InChI=1S/C14H20F2N2O2/c15-14(16)20-12-8-5-4-7-11(12)18-13(19)9-3-1-2-6-10-17/h4-5,7-8,14H,1-3,6,9-10,17H2,(H,18,19). The highest BCUT2D eigenvalue weighted by atomic mass is 19.3. The Labute approximate surface area is 117 Å². The predicted molar refractivity (Wildman–Crippen MR) is 73.8 cm³/mol. The lowest BCUT2D eigenvalue weighted by atomic mass is 10.1. The smallest absolute Gasteiger partial charge is 0.387 e. The molecule has 0 spiro atoms. The lowest BCUT2D eigenvalue weighted by Crippen LogP contribution is -2.13. The van der Waals surface area contributed by atoms with Gasteiger partial charge in [0.15, 0.2) is 0 Å². The summed E-state index contributed by atoms with van der Waals surface area (Å²) in [4.78, 5) is 11.7. The number of unbranched alkanes of at least 4 members (excludes halogenated alkanes) is 3. The van der Waals surface area contributed by atoms with E-state index in [1.807, 2.05) is 0 Å². The third kappa shape index (κ3) is 6.47. The summed E-state index contributed by atoms with van der Waals surface area (Å²) >= 11 is 0. The molecule has 0 saturated heterocycles. The molecule has 0 aliphatic heterocycles. The van der Waals surface area contributed by atoms with Gasteiger partial charge in [0.25, 0.3) is 0 Å². The van der Waals surface area contributed by atoms with Crippen LogP contribution in [0.4, 0.5) is 14.5 Å². The van der Waals surface area contributed by atoms with E-state index in [0.29, 0.717) is 13.0 Å². The zero-order valence-corrected chi connectivity index (χ0v) is 11.3. The summed E-state index contributed by atoms with van der Waals surface area (Å²) in [6, 6.07) is 6.14. The van der Waals surface area contributed by atoms with Gasteiger partial charge in [-0.2, -0.15) is 8.78 Å². The Kier molecular flexibility index (Phi) is 7.57. The fourth-order valence-electron chi connectivity index (χ4n) is 1.76. The third-order valence-electron chi connectivity index (χ3n) is 2.74. The summed E-state index contributed by atoms with van der Waals surface area (Å²) < 4.78 is 28.8. The van der Waals surface area contributed by atoms with Crippen LogP contribution in [0.15, 0.2) is 24.3 Å². The first kappa shape index (κ1) is 16.4. The minimum Gasteiger partial charge on any atom is -0.433 e. The van der Waals surface area contributed by atoms with Crippen LogP contribution in [0.1, 0.15) is 32.1 Å². The van der Waals surface area contributed by atoms with Gasteiger partial charge < -0.3 is 15.8 Å². The number of alkyl halides is 2. The number of para-hydroxylation sites is 2. The number of rotatable bonds is 9. The number of hydrogen-bond acceptors (Lipinski definition) is 3. The highest BCUT2D eigenvalue weighted by molar-refractivity contribution is 5.92. The van der Waals surface area contributed by atoms with Gasteiger partial charge in [-0.3, -0.25) is 4.79 Å². The maximum Gasteiger partial charge on any atom is 0.387 e. The lowest BCUT2D eigenvalue weighted by molar-refractivity contribution is -0.116. The average Bonchev–Trinajstić information content (AvgIpc) is 2.40. The number of hydrogen-bond donors (Lipinski definition) is 2. The van der Waals surface area contributed by atoms with E-state index < -0.39 is 6.61 Å². The Hall–Kier alpha value is -1.69. The van der Waals surface area contributed by atoms with Crippen LogP contribution in [-0.2, 0) is 4.79 Å². The highest BCUT2D eigenvalue weighted by Gasteiger charge is 2.11. The van der Waals surface area contributed by atoms with Crippen LogP contribution >= 0.6 is 0 Å². The number of benzene rings is 1. The first-order chi connectivity index (χ1) is 9.63. The predicted octanol–water partition coefficient (Wildman–Crippen LogP) is 3.14. The molecule has 1 amide bonds. The molecule has 1 aromatic carbocycles. The Morgan fingerprint density at radius 1 is 1.20 bits per heavy atom. The Morgan fingerprint density at radius 2 is 1.90 bits per heavy atom. The van der Waals surface area contributed by atoms with E-state index in [9.17, 15) is 13.6 Å². The average molecular weight is 286 g/mol.